The van der Waals surface area contributed by atoms with E-state index in [1.165, 1.54) is 0 Å². The van der Waals surface area contributed by atoms with Crippen molar-refractivity contribution >= 4 is 5.69 Å². The Hall–Kier alpha value is -1.27. The Kier molecular flexibility index (Phi) is 5.24. The summed E-state index contributed by atoms with van der Waals surface area (Å²) in [4.78, 5) is 0. The molecule has 6 heteroatoms. The van der Waals surface area contributed by atoms with E-state index < -0.39 is 29.2 Å². The lowest BCUT2D eigenvalue weighted by Crippen LogP contribution is -2.25. The summed E-state index contributed by atoms with van der Waals surface area (Å²) in [6, 6.07) is 1.14. The third kappa shape index (κ3) is 4.24. The predicted molar refractivity (Wildman–Crippen MR) is 57.3 cm³/mol. The maximum Gasteiger partial charge on any atom is 0.152 e. The van der Waals surface area contributed by atoms with Crippen molar-refractivity contribution < 1.29 is 23.0 Å². The molecule has 0 saturated heterocycles. The fourth-order valence-electron chi connectivity index (χ4n) is 1.24. The van der Waals surface area contributed by atoms with Crippen molar-refractivity contribution in [1.82, 2.24) is 0 Å². The number of ether oxygens (including phenoxy) is 1. The minimum atomic E-state index is -1.04. The van der Waals surface area contributed by atoms with Crippen LogP contribution in [0.1, 0.15) is 6.92 Å². The van der Waals surface area contributed by atoms with Crippen LogP contribution in [0.25, 0.3) is 0 Å². The van der Waals surface area contributed by atoms with Gasteiger partial charge in [0.25, 0.3) is 0 Å². The lowest BCUT2D eigenvalue weighted by molar-refractivity contribution is 0.0495. The molecule has 0 fully saturated rings. The third-order valence-electron chi connectivity index (χ3n) is 2.04. The van der Waals surface area contributed by atoms with E-state index in [9.17, 15) is 18.3 Å². The summed E-state index contributed by atoms with van der Waals surface area (Å²) in [5.41, 5.74) is -0.457. The van der Waals surface area contributed by atoms with E-state index in [0.29, 0.717) is 18.7 Å². The zero-order valence-electron chi connectivity index (χ0n) is 9.34. The van der Waals surface area contributed by atoms with Crippen LogP contribution in [0, 0.1) is 17.5 Å². The molecule has 0 heterocycles. The van der Waals surface area contributed by atoms with Gasteiger partial charge in [-0.05, 0) is 6.92 Å². The van der Waals surface area contributed by atoms with E-state index in [4.69, 9.17) is 4.74 Å². The predicted octanol–water partition coefficient (Wildman–Crippen LogP) is 1.91. The molecule has 1 rings (SSSR count). The van der Waals surface area contributed by atoms with Crippen LogP contribution in [0.2, 0.25) is 0 Å². The number of anilines is 1. The van der Waals surface area contributed by atoms with E-state index in [2.05, 4.69) is 5.32 Å². The minimum absolute atomic E-state index is 0.0634. The second kappa shape index (κ2) is 6.46. The van der Waals surface area contributed by atoms with E-state index in [0.717, 1.165) is 0 Å². The molecule has 1 aromatic rings. The number of halogens is 3. The van der Waals surface area contributed by atoms with Crippen LogP contribution in [-0.4, -0.2) is 31.0 Å². The molecule has 3 nitrogen and oxygen atoms in total. The summed E-state index contributed by atoms with van der Waals surface area (Å²) in [5, 5.41) is 11.7. The van der Waals surface area contributed by atoms with Crippen molar-refractivity contribution in [3.8, 4) is 0 Å². The molecule has 0 bridgehead atoms. The molecule has 0 spiro atoms. The Morgan fingerprint density at radius 2 is 1.88 bits per heavy atom. The summed E-state index contributed by atoms with van der Waals surface area (Å²) < 4.78 is 43.8. The van der Waals surface area contributed by atoms with E-state index in [1.54, 1.807) is 6.92 Å². The van der Waals surface area contributed by atoms with Crippen molar-refractivity contribution in [3.05, 3.63) is 29.6 Å². The average molecular weight is 249 g/mol. The van der Waals surface area contributed by atoms with E-state index in [1.807, 2.05) is 0 Å². The maximum absolute atomic E-state index is 13.2. The first kappa shape index (κ1) is 13.8. The van der Waals surface area contributed by atoms with E-state index in [-0.39, 0.29) is 13.2 Å². The quantitative estimate of drug-likeness (QED) is 0.809. The molecule has 0 amide bonds. The Morgan fingerprint density at radius 1 is 1.29 bits per heavy atom. The second-order valence-corrected chi connectivity index (χ2v) is 3.44. The highest BCUT2D eigenvalue weighted by Crippen LogP contribution is 2.19. The average Bonchev–Trinajstić information content (AvgIpc) is 2.24. The lowest BCUT2D eigenvalue weighted by Gasteiger charge is -2.13. The van der Waals surface area contributed by atoms with Crippen LogP contribution in [0.15, 0.2) is 12.1 Å². The van der Waals surface area contributed by atoms with Crippen molar-refractivity contribution in [3.63, 3.8) is 0 Å². The molecule has 0 aliphatic carbocycles. The Balaban J connectivity index is 2.57. The highest BCUT2D eigenvalue weighted by molar-refractivity contribution is 5.46. The van der Waals surface area contributed by atoms with Crippen LogP contribution in [0.5, 0.6) is 0 Å². The molecule has 0 saturated carbocycles. The first-order chi connectivity index (χ1) is 8.04. The van der Waals surface area contributed by atoms with Gasteiger partial charge in [-0.3, -0.25) is 0 Å². The standard InChI is InChI=1S/C11H14F3NO2/c1-2-17-6-8(16)5-15-11-9(13)3-7(12)4-10(11)14/h3-4,8,15-16H,2,5-6H2,1H3. The summed E-state index contributed by atoms with van der Waals surface area (Å²) >= 11 is 0. The fraction of sp³-hybridized carbons (Fsp3) is 0.455. The van der Waals surface area contributed by atoms with Crippen LogP contribution < -0.4 is 5.32 Å². The molecule has 0 radical (unpaired) electrons. The molecule has 17 heavy (non-hydrogen) atoms. The molecule has 0 aromatic heterocycles. The number of benzene rings is 1. The molecule has 2 N–H and O–H groups in total. The first-order valence-corrected chi connectivity index (χ1v) is 5.18. The highest BCUT2D eigenvalue weighted by atomic mass is 19.1. The van der Waals surface area contributed by atoms with Gasteiger partial charge in [-0.15, -0.1) is 0 Å². The SMILES string of the molecule is CCOCC(O)CNc1c(F)cc(F)cc1F. The number of nitrogens with one attached hydrogen (secondary N) is 1. The summed E-state index contributed by atoms with van der Waals surface area (Å²) in [7, 11) is 0. The van der Waals surface area contributed by atoms with Gasteiger partial charge in [0.05, 0.1) is 12.7 Å². The summed E-state index contributed by atoms with van der Waals surface area (Å²) in [6.07, 6.45) is -0.890. The molecule has 1 unspecified atom stereocenters. The van der Waals surface area contributed by atoms with Gasteiger partial charge in [-0.25, -0.2) is 13.2 Å². The monoisotopic (exact) mass is 249 g/mol. The van der Waals surface area contributed by atoms with Crippen molar-refractivity contribution in [2.24, 2.45) is 0 Å². The Bertz CT molecular complexity index is 351. The summed E-state index contributed by atoms with van der Waals surface area (Å²) in [5.74, 6) is -3.06. The first-order valence-electron chi connectivity index (χ1n) is 5.18. The number of aliphatic hydroxyl groups excluding tert-OH is 1. The number of hydrogen-bond donors (Lipinski definition) is 2. The minimum Gasteiger partial charge on any atom is -0.389 e. The fourth-order valence-corrected chi connectivity index (χ4v) is 1.24. The van der Waals surface area contributed by atoms with Crippen molar-refractivity contribution in [2.75, 3.05) is 25.1 Å². The second-order valence-electron chi connectivity index (χ2n) is 3.44. The highest BCUT2D eigenvalue weighted by Gasteiger charge is 2.12. The third-order valence-corrected chi connectivity index (χ3v) is 2.04. The molecule has 1 aromatic carbocycles. The topological polar surface area (TPSA) is 41.5 Å². The molecule has 0 aliphatic heterocycles. The van der Waals surface area contributed by atoms with E-state index >= 15 is 0 Å². The van der Waals surface area contributed by atoms with Gasteiger partial charge in [0, 0.05) is 25.3 Å². The molecular formula is C11H14F3NO2. The van der Waals surface area contributed by atoms with Gasteiger partial charge >= 0.3 is 0 Å². The maximum atomic E-state index is 13.2. The van der Waals surface area contributed by atoms with Gasteiger partial charge in [-0.1, -0.05) is 0 Å². The summed E-state index contributed by atoms with van der Waals surface area (Å²) in [6.45, 7) is 2.18. The molecular weight excluding hydrogens is 235 g/mol. The van der Waals surface area contributed by atoms with Gasteiger partial charge in [0.15, 0.2) is 11.6 Å². The normalized spacial score (nSPS) is 12.5. The van der Waals surface area contributed by atoms with Crippen molar-refractivity contribution in [1.29, 1.82) is 0 Å². The van der Waals surface area contributed by atoms with Gasteiger partial charge in [0.1, 0.15) is 11.5 Å². The molecule has 0 aliphatic rings. The zero-order valence-corrected chi connectivity index (χ0v) is 9.34. The van der Waals surface area contributed by atoms with Crippen LogP contribution in [-0.2, 0) is 4.74 Å². The molecule has 96 valence electrons. The van der Waals surface area contributed by atoms with Crippen LogP contribution in [0.4, 0.5) is 18.9 Å². The van der Waals surface area contributed by atoms with Gasteiger partial charge < -0.3 is 15.2 Å². The van der Waals surface area contributed by atoms with Gasteiger partial charge in [0.2, 0.25) is 0 Å². The lowest BCUT2D eigenvalue weighted by atomic mass is 10.2. The number of aliphatic hydroxyl groups is 1. The van der Waals surface area contributed by atoms with Gasteiger partial charge in [-0.2, -0.15) is 0 Å². The number of rotatable bonds is 6. The zero-order chi connectivity index (χ0) is 12.8. The Labute approximate surface area is 97.2 Å². The van der Waals surface area contributed by atoms with Crippen molar-refractivity contribution in [2.45, 2.75) is 13.0 Å². The largest absolute Gasteiger partial charge is 0.389 e. The number of hydrogen-bond acceptors (Lipinski definition) is 3. The smallest absolute Gasteiger partial charge is 0.152 e. The van der Waals surface area contributed by atoms with Crippen LogP contribution in [0.3, 0.4) is 0 Å². The molecule has 1 atom stereocenters. The Morgan fingerprint density at radius 3 is 2.41 bits per heavy atom. The van der Waals surface area contributed by atoms with Crippen LogP contribution >= 0.6 is 0 Å².